The maximum absolute atomic E-state index is 12.3. The van der Waals surface area contributed by atoms with Crippen molar-refractivity contribution >= 4 is 11.9 Å². The van der Waals surface area contributed by atoms with Crippen LogP contribution in [0.5, 0.6) is 5.75 Å². The highest BCUT2D eigenvalue weighted by Crippen LogP contribution is 2.19. The van der Waals surface area contributed by atoms with Crippen LogP contribution in [0.3, 0.4) is 0 Å². The van der Waals surface area contributed by atoms with Crippen LogP contribution < -0.4 is 10.1 Å². The number of benzene rings is 2. The third kappa shape index (κ3) is 4.13. The molecule has 0 radical (unpaired) electrons. The van der Waals surface area contributed by atoms with E-state index in [0.29, 0.717) is 5.82 Å². The molecule has 0 unspecified atom stereocenters. The average molecular weight is 351 g/mol. The molecule has 0 aliphatic rings. The van der Waals surface area contributed by atoms with Crippen molar-refractivity contribution in [2.75, 3.05) is 0 Å². The molecule has 0 aliphatic carbocycles. The van der Waals surface area contributed by atoms with Gasteiger partial charge < -0.3 is 14.6 Å². The predicted octanol–water partition coefficient (Wildman–Crippen LogP) is 2.90. The van der Waals surface area contributed by atoms with Gasteiger partial charge in [-0.2, -0.15) is 4.98 Å². The van der Waals surface area contributed by atoms with Crippen molar-refractivity contribution < 1.29 is 18.8 Å². The molecule has 1 heterocycles. The van der Waals surface area contributed by atoms with Gasteiger partial charge in [-0.3, -0.25) is 9.59 Å². The number of esters is 1. The minimum Gasteiger partial charge on any atom is -0.426 e. The summed E-state index contributed by atoms with van der Waals surface area (Å²) in [6, 6.07) is 14.2. The first kappa shape index (κ1) is 17.3. The number of hydrogen-bond acceptors (Lipinski definition) is 6. The van der Waals surface area contributed by atoms with Gasteiger partial charge in [-0.15, -0.1) is 0 Å². The number of amides is 1. The number of nitrogens with zero attached hydrogens (tertiary/aromatic N) is 2. The normalized spacial score (nSPS) is 10.4. The Hall–Kier alpha value is -3.48. The van der Waals surface area contributed by atoms with Gasteiger partial charge >= 0.3 is 5.97 Å². The zero-order chi connectivity index (χ0) is 18.5. The summed E-state index contributed by atoms with van der Waals surface area (Å²) in [6.07, 6.45) is 0. The van der Waals surface area contributed by atoms with Gasteiger partial charge in [-0.25, -0.2) is 0 Å². The molecule has 0 atom stereocenters. The van der Waals surface area contributed by atoms with E-state index in [0.717, 1.165) is 11.1 Å². The van der Waals surface area contributed by atoms with E-state index < -0.39 is 11.9 Å². The van der Waals surface area contributed by atoms with E-state index in [4.69, 9.17) is 9.26 Å². The van der Waals surface area contributed by atoms with Crippen molar-refractivity contribution in [1.29, 1.82) is 0 Å². The lowest BCUT2D eigenvalue weighted by atomic mass is 10.1. The highest BCUT2D eigenvalue weighted by Gasteiger charge is 2.15. The molecule has 0 bridgehead atoms. The smallest absolute Gasteiger partial charge is 0.308 e. The maximum Gasteiger partial charge on any atom is 0.308 e. The summed E-state index contributed by atoms with van der Waals surface area (Å²) >= 11 is 0. The second kappa shape index (κ2) is 7.60. The Kier molecular flexibility index (Phi) is 5.07. The summed E-state index contributed by atoms with van der Waals surface area (Å²) in [6.45, 7) is 3.33. The highest BCUT2D eigenvalue weighted by molar-refractivity contribution is 5.97. The van der Waals surface area contributed by atoms with Crippen LogP contribution in [-0.2, 0) is 11.3 Å². The van der Waals surface area contributed by atoms with Crippen LogP contribution in [0.25, 0.3) is 11.4 Å². The van der Waals surface area contributed by atoms with Crippen LogP contribution in [0.2, 0.25) is 0 Å². The summed E-state index contributed by atoms with van der Waals surface area (Å²) in [4.78, 5) is 27.7. The van der Waals surface area contributed by atoms with E-state index in [9.17, 15) is 9.59 Å². The van der Waals surface area contributed by atoms with E-state index in [1.54, 1.807) is 24.3 Å². The average Bonchev–Trinajstić information content (AvgIpc) is 3.09. The lowest BCUT2D eigenvalue weighted by Gasteiger charge is -2.08. The van der Waals surface area contributed by atoms with Gasteiger partial charge in [0.25, 0.3) is 5.91 Å². The van der Waals surface area contributed by atoms with Crippen LogP contribution in [0.1, 0.15) is 28.7 Å². The van der Waals surface area contributed by atoms with Crippen molar-refractivity contribution in [3.05, 3.63) is 65.5 Å². The summed E-state index contributed by atoms with van der Waals surface area (Å²) in [5.74, 6) is 0.0265. The molecule has 3 aromatic rings. The van der Waals surface area contributed by atoms with Crippen molar-refractivity contribution in [1.82, 2.24) is 15.5 Å². The molecule has 1 aromatic heterocycles. The topological polar surface area (TPSA) is 94.3 Å². The molecule has 132 valence electrons. The number of nitrogens with one attached hydrogen (secondary N) is 1. The number of rotatable bonds is 5. The molecule has 7 heteroatoms. The fourth-order valence-corrected chi connectivity index (χ4v) is 2.30. The Morgan fingerprint density at radius 2 is 1.85 bits per heavy atom. The van der Waals surface area contributed by atoms with Crippen molar-refractivity contribution in [3.63, 3.8) is 0 Å². The Morgan fingerprint density at radius 1 is 1.12 bits per heavy atom. The first-order valence-corrected chi connectivity index (χ1v) is 7.98. The maximum atomic E-state index is 12.3. The second-order valence-corrected chi connectivity index (χ2v) is 5.65. The number of hydrogen-bond donors (Lipinski definition) is 1. The van der Waals surface area contributed by atoms with Gasteiger partial charge in [0.05, 0.1) is 12.1 Å². The molecule has 0 aliphatic heterocycles. The van der Waals surface area contributed by atoms with Crippen LogP contribution >= 0.6 is 0 Å². The van der Waals surface area contributed by atoms with Gasteiger partial charge in [-0.05, 0) is 19.1 Å². The first-order chi connectivity index (χ1) is 12.5. The summed E-state index contributed by atoms with van der Waals surface area (Å²) in [5, 5.41) is 6.59. The molecule has 0 saturated heterocycles. The fourth-order valence-electron chi connectivity index (χ4n) is 2.30. The molecule has 1 N–H and O–H groups in total. The largest absolute Gasteiger partial charge is 0.426 e. The number of para-hydroxylation sites is 1. The number of carbonyl (C=O) groups is 2. The summed E-state index contributed by atoms with van der Waals surface area (Å²) in [5.41, 5.74) is 2.22. The molecule has 1 amide bonds. The number of ether oxygens (including phenoxy) is 1. The van der Waals surface area contributed by atoms with E-state index in [1.165, 1.54) is 6.92 Å². The number of aromatic nitrogens is 2. The quantitative estimate of drug-likeness (QED) is 0.561. The molecule has 3 rings (SSSR count). The van der Waals surface area contributed by atoms with Crippen LogP contribution in [0.15, 0.2) is 53.1 Å². The molecule has 0 spiro atoms. The molecular formula is C19H17N3O4. The van der Waals surface area contributed by atoms with E-state index >= 15 is 0 Å². The highest BCUT2D eigenvalue weighted by atomic mass is 16.5. The number of carbonyl (C=O) groups excluding carboxylic acids is 2. The van der Waals surface area contributed by atoms with E-state index in [2.05, 4.69) is 15.5 Å². The van der Waals surface area contributed by atoms with Gasteiger partial charge in [0.1, 0.15) is 5.75 Å². The van der Waals surface area contributed by atoms with Crippen molar-refractivity contribution in [2.45, 2.75) is 20.4 Å². The van der Waals surface area contributed by atoms with Crippen LogP contribution in [0, 0.1) is 6.92 Å². The lowest BCUT2D eigenvalue weighted by molar-refractivity contribution is -0.131. The minimum absolute atomic E-state index is 0.0616. The first-order valence-electron chi connectivity index (χ1n) is 7.98. The summed E-state index contributed by atoms with van der Waals surface area (Å²) in [7, 11) is 0. The van der Waals surface area contributed by atoms with E-state index in [1.807, 2.05) is 31.2 Å². The molecule has 0 fully saturated rings. The predicted molar refractivity (Wildman–Crippen MR) is 93.4 cm³/mol. The molecule has 0 saturated carbocycles. The van der Waals surface area contributed by atoms with Crippen LogP contribution in [-0.4, -0.2) is 22.0 Å². The van der Waals surface area contributed by atoms with Gasteiger partial charge in [0.2, 0.25) is 11.7 Å². The molecule has 2 aromatic carbocycles. The molecule has 26 heavy (non-hydrogen) atoms. The SMILES string of the molecule is CC(=O)Oc1ccccc1C(=O)NCc1nc(-c2ccc(C)cc2)no1. The monoisotopic (exact) mass is 351 g/mol. The minimum atomic E-state index is -0.495. The standard InChI is InChI=1S/C19H17N3O4/c1-12-7-9-14(10-8-12)18-21-17(26-22-18)11-20-19(24)15-5-3-4-6-16(15)25-13(2)23/h3-10H,11H2,1-2H3,(H,20,24). The second-order valence-electron chi connectivity index (χ2n) is 5.65. The summed E-state index contributed by atoms with van der Waals surface area (Å²) < 4.78 is 10.2. The Bertz CT molecular complexity index is 932. The third-order valence-corrected chi connectivity index (χ3v) is 3.56. The molecular weight excluding hydrogens is 334 g/mol. The number of aryl methyl sites for hydroxylation is 1. The Morgan fingerprint density at radius 3 is 2.58 bits per heavy atom. The van der Waals surface area contributed by atoms with Crippen molar-refractivity contribution in [2.24, 2.45) is 0 Å². The van der Waals surface area contributed by atoms with Crippen molar-refractivity contribution in [3.8, 4) is 17.1 Å². The Labute approximate surface area is 150 Å². The van der Waals surface area contributed by atoms with Crippen LogP contribution in [0.4, 0.5) is 0 Å². The molecule has 7 nitrogen and oxygen atoms in total. The Balaban J connectivity index is 1.67. The van der Waals surface area contributed by atoms with Gasteiger partial charge in [0, 0.05) is 12.5 Å². The van der Waals surface area contributed by atoms with E-state index in [-0.39, 0.29) is 23.7 Å². The third-order valence-electron chi connectivity index (χ3n) is 3.56. The zero-order valence-electron chi connectivity index (χ0n) is 14.4. The van der Waals surface area contributed by atoms with Gasteiger partial charge in [0.15, 0.2) is 0 Å². The lowest BCUT2D eigenvalue weighted by Crippen LogP contribution is -2.24. The fraction of sp³-hybridized carbons (Fsp3) is 0.158. The zero-order valence-corrected chi connectivity index (χ0v) is 14.4. The van der Waals surface area contributed by atoms with Gasteiger partial charge in [-0.1, -0.05) is 47.1 Å².